The van der Waals surface area contributed by atoms with E-state index in [1.165, 1.54) is 37.8 Å². The maximum absolute atomic E-state index is 9.85. The fourth-order valence-corrected chi connectivity index (χ4v) is 3.83. The highest BCUT2D eigenvalue weighted by atomic mass is 16.3. The lowest BCUT2D eigenvalue weighted by atomic mass is 10.0. The lowest BCUT2D eigenvalue weighted by molar-refractivity contribution is 0.192. The molecule has 1 aromatic carbocycles. The zero-order valence-corrected chi connectivity index (χ0v) is 11.2. The molecule has 1 aromatic rings. The summed E-state index contributed by atoms with van der Waals surface area (Å²) in [6, 6.07) is 9.15. The summed E-state index contributed by atoms with van der Waals surface area (Å²) >= 11 is 0. The highest BCUT2D eigenvalue weighted by Gasteiger charge is 2.37. The van der Waals surface area contributed by atoms with Crippen molar-refractivity contribution in [1.29, 1.82) is 0 Å². The molecule has 3 atom stereocenters. The van der Waals surface area contributed by atoms with Crippen LogP contribution in [-0.4, -0.2) is 22.6 Å². The summed E-state index contributed by atoms with van der Waals surface area (Å²) < 4.78 is 0. The standard InChI is InChI=1S/C16H23NO/c1-12(18)15-7-3-2-5-14(15)11-17-10-9-13-6-4-8-16(13)17/h2-3,5,7,12-13,16,18H,4,6,8-11H2,1H3/t12-,13-,16-/m1/s1. The Morgan fingerprint density at radius 3 is 2.94 bits per heavy atom. The monoisotopic (exact) mass is 245 g/mol. The van der Waals surface area contributed by atoms with E-state index in [4.69, 9.17) is 0 Å². The molecule has 1 saturated carbocycles. The molecule has 2 aliphatic rings. The van der Waals surface area contributed by atoms with Crippen LogP contribution in [0, 0.1) is 5.92 Å². The first kappa shape index (κ1) is 12.2. The third-order valence-electron chi connectivity index (χ3n) is 4.75. The van der Waals surface area contributed by atoms with Gasteiger partial charge in [0.05, 0.1) is 6.10 Å². The van der Waals surface area contributed by atoms with Gasteiger partial charge in [-0.1, -0.05) is 30.7 Å². The van der Waals surface area contributed by atoms with Crippen molar-refractivity contribution >= 4 is 0 Å². The van der Waals surface area contributed by atoms with Crippen LogP contribution in [0.5, 0.6) is 0 Å². The van der Waals surface area contributed by atoms with Gasteiger partial charge in [0.2, 0.25) is 0 Å². The van der Waals surface area contributed by atoms with Gasteiger partial charge in [0.1, 0.15) is 0 Å². The minimum Gasteiger partial charge on any atom is -0.389 e. The van der Waals surface area contributed by atoms with Crippen molar-refractivity contribution in [2.24, 2.45) is 5.92 Å². The van der Waals surface area contributed by atoms with Gasteiger partial charge in [0.15, 0.2) is 0 Å². The molecule has 18 heavy (non-hydrogen) atoms. The highest BCUT2D eigenvalue weighted by Crippen LogP contribution is 2.38. The van der Waals surface area contributed by atoms with Crippen LogP contribution in [0.1, 0.15) is 49.8 Å². The van der Waals surface area contributed by atoms with E-state index in [0.29, 0.717) is 0 Å². The SMILES string of the molecule is C[C@@H](O)c1ccccc1CN1CC[C@H]2CCC[C@H]21. The van der Waals surface area contributed by atoms with Crippen molar-refractivity contribution in [3.8, 4) is 0 Å². The van der Waals surface area contributed by atoms with Crippen LogP contribution in [0.3, 0.4) is 0 Å². The molecule has 3 rings (SSSR count). The summed E-state index contributed by atoms with van der Waals surface area (Å²) in [4.78, 5) is 2.64. The number of aliphatic hydroxyl groups excluding tert-OH is 1. The first-order valence-corrected chi connectivity index (χ1v) is 7.25. The van der Waals surface area contributed by atoms with Gasteiger partial charge < -0.3 is 5.11 Å². The van der Waals surface area contributed by atoms with Gasteiger partial charge in [-0.2, -0.15) is 0 Å². The van der Waals surface area contributed by atoms with E-state index < -0.39 is 0 Å². The fourth-order valence-electron chi connectivity index (χ4n) is 3.83. The van der Waals surface area contributed by atoms with E-state index in [1.54, 1.807) is 0 Å². The number of benzene rings is 1. The molecule has 1 aliphatic heterocycles. The summed E-state index contributed by atoms with van der Waals surface area (Å²) in [5.74, 6) is 0.948. The second-order valence-electron chi connectivity index (χ2n) is 5.89. The fraction of sp³-hybridized carbons (Fsp3) is 0.625. The van der Waals surface area contributed by atoms with Crippen molar-refractivity contribution in [1.82, 2.24) is 4.90 Å². The van der Waals surface area contributed by atoms with E-state index in [0.717, 1.165) is 24.1 Å². The van der Waals surface area contributed by atoms with Crippen LogP contribution < -0.4 is 0 Å². The Balaban J connectivity index is 1.76. The van der Waals surface area contributed by atoms with Gasteiger partial charge in [0.25, 0.3) is 0 Å². The Labute approximate surface area is 110 Å². The van der Waals surface area contributed by atoms with E-state index in [-0.39, 0.29) is 6.10 Å². The average Bonchev–Trinajstić information content (AvgIpc) is 2.94. The first-order valence-electron chi connectivity index (χ1n) is 7.25. The van der Waals surface area contributed by atoms with Gasteiger partial charge >= 0.3 is 0 Å². The van der Waals surface area contributed by atoms with Crippen molar-refractivity contribution < 1.29 is 5.11 Å². The van der Waals surface area contributed by atoms with Gasteiger partial charge in [-0.25, -0.2) is 0 Å². The number of fused-ring (bicyclic) bond motifs is 1. The predicted octanol–water partition coefficient (Wildman–Crippen LogP) is 3.11. The molecule has 0 aromatic heterocycles. The topological polar surface area (TPSA) is 23.5 Å². The number of aliphatic hydroxyl groups is 1. The number of likely N-dealkylation sites (tertiary alicyclic amines) is 1. The smallest absolute Gasteiger partial charge is 0.0765 e. The van der Waals surface area contributed by atoms with Crippen LogP contribution >= 0.6 is 0 Å². The highest BCUT2D eigenvalue weighted by molar-refractivity contribution is 5.29. The largest absolute Gasteiger partial charge is 0.389 e. The molecular weight excluding hydrogens is 222 g/mol. The molecule has 0 spiro atoms. The van der Waals surface area contributed by atoms with E-state index in [2.05, 4.69) is 23.1 Å². The summed E-state index contributed by atoms with van der Waals surface area (Å²) in [5, 5.41) is 9.85. The Bertz CT molecular complexity index is 415. The summed E-state index contributed by atoms with van der Waals surface area (Å²) in [7, 11) is 0. The van der Waals surface area contributed by atoms with Crippen LogP contribution in [0.4, 0.5) is 0 Å². The Morgan fingerprint density at radius 1 is 1.28 bits per heavy atom. The number of nitrogens with zero attached hydrogens (tertiary/aromatic N) is 1. The lowest BCUT2D eigenvalue weighted by Crippen LogP contribution is -2.29. The zero-order valence-electron chi connectivity index (χ0n) is 11.2. The van der Waals surface area contributed by atoms with Gasteiger partial charge in [-0.3, -0.25) is 4.90 Å². The molecule has 0 unspecified atom stereocenters. The number of rotatable bonds is 3. The molecule has 0 amide bonds. The van der Waals surface area contributed by atoms with Crippen LogP contribution in [-0.2, 0) is 6.54 Å². The van der Waals surface area contributed by atoms with Crippen LogP contribution in [0.2, 0.25) is 0 Å². The molecule has 2 heteroatoms. The minimum absolute atomic E-state index is 0.358. The maximum Gasteiger partial charge on any atom is 0.0765 e. The Hall–Kier alpha value is -0.860. The molecule has 0 radical (unpaired) electrons. The Morgan fingerprint density at radius 2 is 2.11 bits per heavy atom. The molecule has 2 nitrogen and oxygen atoms in total. The van der Waals surface area contributed by atoms with Gasteiger partial charge in [-0.15, -0.1) is 0 Å². The van der Waals surface area contributed by atoms with Crippen molar-refractivity contribution in [2.45, 2.75) is 51.3 Å². The maximum atomic E-state index is 9.85. The molecule has 1 aliphatic carbocycles. The van der Waals surface area contributed by atoms with E-state index in [9.17, 15) is 5.11 Å². The van der Waals surface area contributed by atoms with Crippen molar-refractivity contribution in [3.05, 3.63) is 35.4 Å². The molecule has 0 bridgehead atoms. The third-order valence-corrected chi connectivity index (χ3v) is 4.75. The third kappa shape index (κ3) is 2.19. The molecule has 2 fully saturated rings. The predicted molar refractivity (Wildman–Crippen MR) is 73.2 cm³/mol. The van der Waals surface area contributed by atoms with Crippen LogP contribution in [0.25, 0.3) is 0 Å². The normalized spacial score (nSPS) is 29.4. The molecule has 98 valence electrons. The minimum atomic E-state index is -0.358. The second-order valence-corrected chi connectivity index (χ2v) is 5.89. The molecule has 1 saturated heterocycles. The Kier molecular flexibility index (Phi) is 3.40. The average molecular weight is 245 g/mol. The quantitative estimate of drug-likeness (QED) is 0.884. The van der Waals surface area contributed by atoms with Crippen LogP contribution in [0.15, 0.2) is 24.3 Å². The van der Waals surface area contributed by atoms with Crippen molar-refractivity contribution in [2.75, 3.05) is 6.54 Å². The van der Waals surface area contributed by atoms with Gasteiger partial charge in [-0.05, 0) is 49.8 Å². The lowest BCUT2D eigenvalue weighted by Gasteiger charge is -2.25. The molecule has 1 heterocycles. The summed E-state index contributed by atoms with van der Waals surface area (Å²) in [5.41, 5.74) is 2.40. The summed E-state index contributed by atoms with van der Waals surface area (Å²) in [6.45, 7) is 4.12. The molecule has 1 N–H and O–H groups in total. The second kappa shape index (κ2) is 5.02. The first-order chi connectivity index (χ1) is 8.75. The van der Waals surface area contributed by atoms with Gasteiger partial charge in [0, 0.05) is 12.6 Å². The van der Waals surface area contributed by atoms with E-state index >= 15 is 0 Å². The number of hydrogen-bond donors (Lipinski definition) is 1. The number of hydrogen-bond acceptors (Lipinski definition) is 2. The van der Waals surface area contributed by atoms with E-state index in [1.807, 2.05) is 13.0 Å². The zero-order chi connectivity index (χ0) is 12.5. The van der Waals surface area contributed by atoms with Crippen molar-refractivity contribution in [3.63, 3.8) is 0 Å². The summed E-state index contributed by atoms with van der Waals surface area (Å²) in [6.07, 6.45) is 5.23. The molecular formula is C16H23NO.